The van der Waals surface area contributed by atoms with Gasteiger partial charge in [0.25, 0.3) is 0 Å². The fourth-order valence-corrected chi connectivity index (χ4v) is 1.72. The lowest BCUT2D eigenvalue weighted by atomic mass is 10.0. The van der Waals surface area contributed by atoms with Crippen LogP contribution in [0.5, 0.6) is 0 Å². The second-order valence-electron chi connectivity index (χ2n) is 3.90. The third kappa shape index (κ3) is 2.69. The molecule has 0 radical (unpaired) electrons. The van der Waals surface area contributed by atoms with E-state index in [9.17, 15) is 4.79 Å². The van der Waals surface area contributed by atoms with Gasteiger partial charge in [0.15, 0.2) is 0 Å². The number of hydrogen-bond donors (Lipinski definition) is 1. The van der Waals surface area contributed by atoms with E-state index in [1.807, 2.05) is 11.8 Å². The molecule has 0 aromatic heterocycles. The summed E-state index contributed by atoms with van der Waals surface area (Å²) < 4.78 is 5.24. The summed E-state index contributed by atoms with van der Waals surface area (Å²) in [5.74, 6) is 0.135. The summed E-state index contributed by atoms with van der Waals surface area (Å²) in [4.78, 5) is 13.6. The average molecular weight is 200 g/mol. The first-order valence-electron chi connectivity index (χ1n) is 5.20. The summed E-state index contributed by atoms with van der Waals surface area (Å²) >= 11 is 0. The predicted molar refractivity (Wildman–Crippen MR) is 54.8 cm³/mol. The summed E-state index contributed by atoms with van der Waals surface area (Å²) in [6.07, 6.45) is 2.21. The van der Waals surface area contributed by atoms with E-state index in [1.165, 1.54) is 0 Å². The Balaban J connectivity index is 2.37. The maximum Gasteiger partial charge on any atom is 0.226 e. The van der Waals surface area contributed by atoms with Crippen LogP contribution in [0, 0.1) is 5.92 Å². The van der Waals surface area contributed by atoms with Crippen molar-refractivity contribution in [1.82, 2.24) is 4.90 Å². The monoisotopic (exact) mass is 200 g/mol. The highest BCUT2D eigenvalue weighted by Gasteiger charge is 2.24. The molecule has 0 bridgehead atoms. The van der Waals surface area contributed by atoms with Gasteiger partial charge in [-0.1, -0.05) is 6.92 Å². The van der Waals surface area contributed by atoms with Gasteiger partial charge in [-0.15, -0.1) is 0 Å². The second-order valence-corrected chi connectivity index (χ2v) is 3.90. The van der Waals surface area contributed by atoms with E-state index in [-0.39, 0.29) is 11.8 Å². The maximum atomic E-state index is 11.7. The molecule has 1 fully saturated rings. The van der Waals surface area contributed by atoms with Crippen molar-refractivity contribution in [2.24, 2.45) is 11.7 Å². The van der Waals surface area contributed by atoms with Gasteiger partial charge in [-0.2, -0.15) is 0 Å². The van der Waals surface area contributed by atoms with E-state index in [4.69, 9.17) is 10.5 Å². The Morgan fingerprint density at radius 2 is 2.14 bits per heavy atom. The van der Waals surface area contributed by atoms with E-state index < -0.39 is 0 Å². The molecule has 1 aliphatic heterocycles. The standard InChI is InChI=1S/C10H20N2O2/c1-8(7-11)10(13)12-5-3-9(14-2)4-6-12/h8-9H,3-7,11H2,1-2H3. The van der Waals surface area contributed by atoms with E-state index in [0.717, 1.165) is 25.9 Å². The van der Waals surface area contributed by atoms with Gasteiger partial charge < -0.3 is 15.4 Å². The summed E-state index contributed by atoms with van der Waals surface area (Å²) in [5, 5.41) is 0. The van der Waals surface area contributed by atoms with Crippen LogP contribution in [0.3, 0.4) is 0 Å². The van der Waals surface area contributed by atoms with E-state index >= 15 is 0 Å². The zero-order chi connectivity index (χ0) is 10.6. The van der Waals surface area contributed by atoms with Crippen LogP contribution in [-0.2, 0) is 9.53 Å². The smallest absolute Gasteiger partial charge is 0.226 e. The largest absolute Gasteiger partial charge is 0.381 e. The molecule has 1 rings (SSSR count). The number of nitrogens with two attached hydrogens (primary N) is 1. The fraction of sp³-hybridized carbons (Fsp3) is 0.900. The maximum absolute atomic E-state index is 11.7. The molecule has 0 aliphatic carbocycles. The number of nitrogens with zero attached hydrogens (tertiary/aromatic N) is 1. The van der Waals surface area contributed by atoms with Crippen molar-refractivity contribution in [3.05, 3.63) is 0 Å². The van der Waals surface area contributed by atoms with E-state index in [1.54, 1.807) is 7.11 Å². The number of piperidine rings is 1. The van der Waals surface area contributed by atoms with Crippen molar-refractivity contribution in [3.63, 3.8) is 0 Å². The topological polar surface area (TPSA) is 55.6 Å². The summed E-state index contributed by atoms with van der Waals surface area (Å²) in [5.41, 5.74) is 5.46. The molecule has 0 saturated carbocycles. The third-order valence-electron chi connectivity index (χ3n) is 2.86. The van der Waals surface area contributed by atoms with Crippen molar-refractivity contribution in [1.29, 1.82) is 0 Å². The van der Waals surface area contributed by atoms with Crippen LogP contribution in [0.15, 0.2) is 0 Å². The average Bonchev–Trinajstić information content (AvgIpc) is 2.27. The highest BCUT2D eigenvalue weighted by molar-refractivity contribution is 5.78. The van der Waals surface area contributed by atoms with Gasteiger partial charge in [-0.25, -0.2) is 0 Å². The van der Waals surface area contributed by atoms with Crippen molar-refractivity contribution in [2.45, 2.75) is 25.9 Å². The molecule has 1 heterocycles. The molecule has 1 amide bonds. The minimum Gasteiger partial charge on any atom is -0.381 e. The molecule has 1 aliphatic rings. The molecular formula is C10H20N2O2. The molecule has 14 heavy (non-hydrogen) atoms. The number of likely N-dealkylation sites (tertiary alicyclic amines) is 1. The second kappa shape index (κ2) is 5.32. The van der Waals surface area contributed by atoms with Gasteiger partial charge in [-0.05, 0) is 12.8 Å². The minimum atomic E-state index is -0.0471. The van der Waals surface area contributed by atoms with Crippen molar-refractivity contribution < 1.29 is 9.53 Å². The lowest BCUT2D eigenvalue weighted by Crippen LogP contribution is -2.44. The van der Waals surface area contributed by atoms with Gasteiger partial charge in [0.2, 0.25) is 5.91 Å². The SMILES string of the molecule is COC1CCN(C(=O)C(C)CN)CC1. The Kier molecular flexibility index (Phi) is 4.35. The first kappa shape index (κ1) is 11.5. The molecule has 82 valence electrons. The molecule has 1 atom stereocenters. The van der Waals surface area contributed by atoms with Crippen LogP contribution in [0.1, 0.15) is 19.8 Å². The lowest BCUT2D eigenvalue weighted by molar-refractivity contribution is -0.137. The molecule has 4 heteroatoms. The molecule has 1 unspecified atom stereocenters. The molecule has 0 spiro atoms. The number of amides is 1. The number of hydrogen-bond acceptors (Lipinski definition) is 3. The van der Waals surface area contributed by atoms with Crippen molar-refractivity contribution >= 4 is 5.91 Å². The highest BCUT2D eigenvalue weighted by atomic mass is 16.5. The summed E-state index contributed by atoms with van der Waals surface area (Å²) in [6, 6.07) is 0. The van der Waals surface area contributed by atoms with Crippen LogP contribution in [0.4, 0.5) is 0 Å². The summed E-state index contributed by atoms with van der Waals surface area (Å²) in [7, 11) is 1.73. The molecule has 4 nitrogen and oxygen atoms in total. The zero-order valence-electron chi connectivity index (χ0n) is 9.03. The van der Waals surface area contributed by atoms with Crippen LogP contribution in [-0.4, -0.2) is 43.7 Å². The number of ether oxygens (including phenoxy) is 1. The van der Waals surface area contributed by atoms with Crippen LogP contribution in [0.25, 0.3) is 0 Å². The zero-order valence-corrected chi connectivity index (χ0v) is 9.03. The van der Waals surface area contributed by atoms with Gasteiger partial charge in [0.05, 0.1) is 6.10 Å². The van der Waals surface area contributed by atoms with Gasteiger partial charge >= 0.3 is 0 Å². The van der Waals surface area contributed by atoms with Crippen molar-refractivity contribution in [2.75, 3.05) is 26.7 Å². The lowest BCUT2D eigenvalue weighted by Gasteiger charge is -2.32. The Hall–Kier alpha value is -0.610. The van der Waals surface area contributed by atoms with E-state index in [2.05, 4.69) is 0 Å². The van der Waals surface area contributed by atoms with Crippen LogP contribution >= 0.6 is 0 Å². The summed E-state index contributed by atoms with van der Waals surface area (Å²) in [6.45, 7) is 3.93. The van der Waals surface area contributed by atoms with Crippen molar-refractivity contribution in [3.8, 4) is 0 Å². The Morgan fingerprint density at radius 1 is 1.57 bits per heavy atom. The number of methoxy groups -OCH3 is 1. The fourth-order valence-electron chi connectivity index (χ4n) is 1.72. The van der Waals surface area contributed by atoms with Gasteiger partial charge in [0, 0.05) is 32.7 Å². The van der Waals surface area contributed by atoms with Crippen LogP contribution < -0.4 is 5.73 Å². The Bertz CT molecular complexity index is 189. The molecule has 1 saturated heterocycles. The normalized spacial score (nSPS) is 20.9. The first-order chi connectivity index (χ1) is 6.69. The van der Waals surface area contributed by atoms with Gasteiger partial charge in [-0.3, -0.25) is 4.79 Å². The van der Waals surface area contributed by atoms with E-state index in [0.29, 0.717) is 12.6 Å². The Morgan fingerprint density at radius 3 is 2.57 bits per heavy atom. The number of carbonyl (C=O) groups is 1. The third-order valence-corrected chi connectivity index (χ3v) is 2.86. The first-order valence-corrected chi connectivity index (χ1v) is 5.20. The molecule has 2 N–H and O–H groups in total. The quantitative estimate of drug-likeness (QED) is 0.709. The minimum absolute atomic E-state index is 0.0471. The van der Waals surface area contributed by atoms with Crippen LogP contribution in [0.2, 0.25) is 0 Å². The molecular weight excluding hydrogens is 180 g/mol. The number of carbonyl (C=O) groups excluding carboxylic acids is 1. The number of rotatable bonds is 3. The Labute approximate surface area is 85.4 Å². The predicted octanol–water partition coefficient (Wildman–Crippen LogP) is 0.219. The molecule has 0 aromatic rings. The molecule has 0 aromatic carbocycles. The highest BCUT2D eigenvalue weighted by Crippen LogP contribution is 2.14. The van der Waals surface area contributed by atoms with Gasteiger partial charge in [0.1, 0.15) is 0 Å².